The Bertz CT molecular complexity index is 613. The van der Waals surface area contributed by atoms with Crippen LogP contribution >= 0.6 is 17.9 Å². The molecule has 0 bridgehead atoms. The van der Waals surface area contributed by atoms with Gasteiger partial charge in [0.25, 0.3) is 0 Å². The van der Waals surface area contributed by atoms with Crippen LogP contribution in [0.2, 0.25) is 0 Å². The first-order valence-electron chi connectivity index (χ1n) is 12.8. The molecule has 0 aliphatic heterocycles. The molecule has 0 aromatic carbocycles. The number of nitrogens with zero attached hydrogens (tertiary/aromatic N) is 1. The van der Waals surface area contributed by atoms with E-state index >= 15 is 0 Å². The lowest BCUT2D eigenvalue weighted by Gasteiger charge is -2.20. The number of carbonyl (C=O) groups excluding carboxylic acids is 1. The summed E-state index contributed by atoms with van der Waals surface area (Å²) in [4.78, 5) is 12.0. The molecule has 0 aromatic rings. The summed E-state index contributed by atoms with van der Waals surface area (Å²) in [5, 5.41) is 8.54. The molecule has 0 rings (SSSR count). The van der Waals surface area contributed by atoms with E-state index in [-0.39, 0.29) is 32.2 Å². The van der Waals surface area contributed by atoms with Crippen LogP contribution < -0.4 is 0 Å². The minimum Gasteiger partial charge on any atom is -0.463 e. The van der Waals surface area contributed by atoms with Crippen LogP contribution in [0.5, 0.6) is 0 Å². The van der Waals surface area contributed by atoms with E-state index in [1.807, 2.05) is 6.07 Å². The van der Waals surface area contributed by atoms with E-state index in [9.17, 15) is 4.79 Å². The van der Waals surface area contributed by atoms with Crippen molar-refractivity contribution in [2.45, 2.75) is 109 Å². The van der Waals surface area contributed by atoms with Gasteiger partial charge in [-0.25, -0.2) is 0 Å². The topological polar surface area (TPSA) is 77.8 Å². The molecule has 198 valence electrons. The highest BCUT2D eigenvalue weighted by Crippen LogP contribution is 2.53. The third-order valence-corrected chi connectivity index (χ3v) is 7.61. The molecule has 6 nitrogen and oxygen atoms in total. The number of esters is 1. The van der Waals surface area contributed by atoms with Crippen molar-refractivity contribution in [1.29, 1.82) is 5.26 Å². The Morgan fingerprint density at radius 3 is 2.15 bits per heavy atom. The van der Waals surface area contributed by atoms with E-state index in [4.69, 9.17) is 35.6 Å². The number of hydrogen-bond acceptors (Lipinski definition) is 7. The predicted molar refractivity (Wildman–Crippen MR) is 147 cm³/mol. The number of ether oxygens (including phenoxy) is 2. The van der Waals surface area contributed by atoms with Gasteiger partial charge in [0.1, 0.15) is 12.7 Å². The van der Waals surface area contributed by atoms with Gasteiger partial charge in [-0.15, -0.1) is 0 Å². The monoisotopic (exact) mass is 535 g/mol. The van der Waals surface area contributed by atoms with Crippen molar-refractivity contribution in [3.8, 4) is 6.07 Å². The summed E-state index contributed by atoms with van der Waals surface area (Å²) in [6.45, 7) is 2.65. The Balaban J connectivity index is 3.64. The van der Waals surface area contributed by atoms with Gasteiger partial charge < -0.3 is 18.5 Å². The summed E-state index contributed by atoms with van der Waals surface area (Å²) in [5.41, 5.74) is -2.73. The van der Waals surface area contributed by atoms with Crippen LogP contribution in [0.1, 0.15) is 103 Å². The molecule has 0 fully saturated rings. The zero-order valence-electron chi connectivity index (χ0n) is 21.3. The predicted octanol–water partition coefficient (Wildman–Crippen LogP) is 7.68. The lowest BCUT2D eigenvalue weighted by Crippen LogP contribution is -2.25. The highest BCUT2D eigenvalue weighted by atomic mass is 32.9. The van der Waals surface area contributed by atoms with Crippen LogP contribution in [0.4, 0.5) is 0 Å². The molecule has 2 unspecified atom stereocenters. The standard InChI is InChI=1S/C25H46NO5PS2/c1-3-4-5-6-7-8-9-10-11-12-13-14-15-16-17-19-25(27)29-22-24(28-2)23-31-32(33,34)30-21-18-20-26/h10-11,24H,3-9,12-19,21-23H2,1-2H3,(H,33,34)/b11-10-. The molecule has 0 saturated heterocycles. The summed E-state index contributed by atoms with van der Waals surface area (Å²) in [5.74, 6) is -0.227. The number of hydrogen-bond donors (Lipinski definition) is 1. The molecule has 0 heterocycles. The first kappa shape index (κ1) is 33.6. The Morgan fingerprint density at radius 1 is 0.971 bits per heavy atom. The average Bonchev–Trinajstić information content (AvgIpc) is 2.81. The van der Waals surface area contributed by atoms with Crippen LogP contribution in [0.15, 0.2) is 12.2 Å². The highest BCUT2D eigenvalue weighted by Gasteiger charge is 2.18. The molecule has 9 heteroatoms. The molecule has 0 radical (unpaired) electrons. The van der Waals surface area contributed by atoms with Crippen LogP contribution in [-0.2, 0) is 35.1 Å². The minimum absolute atomic E-state index is 0.0989. The van der Waals surface area contributed by atoms with Crippen LogP contribution in [0.25, 0.3) is 0 Å². The first-order valence-corrected chi connectivity index (χ1v) is 16.6. The van der Waals surface area contributed by atoms with Crippen LogP contribution in [0, 0.1) is 11.3 Å². The van der Waals surface area contributed by atoms with Crippen molar-refractivity contribution >= 4 is 35.7 Å². The van der Waals surface area contributed by atoms with Gasteiger partial charge >= 0.3 is 5.97 Å². The fraction of sp³-hybridized carbons (Fsp3) is 0.840. The van der Waals surface area contributed by atoms with E-state index in [0.29, 0.717) is 6.42 Å². The van der Waals surface area contributed by atoms with Gasteiger partial charge in [-0.1, -0.05) is 82.7 Å². The number of nitriles is 1. The lowest BCUT2D eigenvalue weighted by molar-refractivity contribution is -0.148. The van der Waals surface area contributed by atoms with E-state index in [0.717, 1.165) is 25.7 Å². The minimum atomic E-state index is -2.73. The number of unbranched alkanes of at least 4 members (excludes halogenated alkanes) is 11. The third kappa shape index (κ3) is 23.3. The van der Waals surface area contributed by atoms with Crippen molar-refractivity contribution in [3.05, 3.63) is 12.2 Å². The third-order valence-electron chi connectivity index (χ3n) is 5.30. The van der Waals surface area contributed by atoms with E-state index < -0.39 is 11.8 Å². The van der Waals surface area contributed by atoms with Crippen LogP contribution in [0.3, 0.4) is 0 Å². The van der Waals surface area contributed by atoms with Crippen molar-refractivity contribution in [2.75, 3.05) is 26.9 Å². The van der Waals surface area contributed by atoms with Gasteiger partial charge in [0.2, 0.25) is 5.69 Å². The second-order valence-corrected chi connectivity index (χ2v) is 13.7. The molecule has 34 heavy (non-hydrogen) atoms. The zero-order chi connectivity index (χ0) is 25.3. The molecule has 0 amide bonds. The largest absolute Gasteiger partial charge is 0.463 e. The quantitative estimate of drug-likeness (QED) is 0.0446. The SMILES string of the molecule is CCCCCCCC/C=C\CCCCCCCC(=O)OCC(COP(=S)(S)OCCC#N)OC. The summed E-state index contributed by atoms with van der Waals surface area (Å²) < 4.78 is 21.4. The molecule has 0 aliphatic rings. The van der Waals surface area contributed by atoms with Crippen LogP contribution in [-0.4, -0.2) is 39.0 Å². The Kier molecular flexibility index (Phi) is 24.0. The summed E-state index contributed by atoms with van der Waals surface area (Å²) in [6.07, 6.45) is 20.8. The van der Waals surface area contributed by atoms with Crippen molar-refractivity contribution in [1.82, 2.24) is 0 Å². The van der Waals surface area contributed by atoms with E-state index in [1.54, 1.807) is 0 Å². The summed E-state index contributed by atoms with van der Waals surface area (Å²) in [6, 6.07) is 1.97. The molecule has 2 atom stereocenters. The van der Waals surface area contributed by atoms with E-state index in [1.165, 1.54) is 64.9 Å². The first-order chi connectivity index (χ1) is 16.4. The fourth-order valence-corrected chi connectivity index (χ4v) is 4.81. The summed E-state index contributed by atoms with van der Waals surface area (Å²) >= 11 is 9.37. The van der Waals surface area contributed by atoms with Gasteiger partial charge in [-0.3, -0.25) is 4.79 Å². The second-order valence-electron chi connectivity index (χ2n) is 8.38. The normalized spacial score (nSPS) is 14.1. The number of carbonyl (C=O) groups is 1. The lowest BCUT2D eigenvalue weighted by atomic mass is 10.1. The average molecular weight is 536 g/mol. The molecule has 0 saturated carbocycles. The molecular weight excluding hydrogens is 489 g/mol. The van der Waals surface area contributed by atoms with Crippen molar-refractivity contribution < 1.29 is 23.3 Å². The Labute approximate surface area is 218 Å². The maximum absolute atomic E-state index is 12.0. The Morgan fingerprint density at radius 2 is 1.56 bits per heavy atom. The fourth-order valence-electron chi connectivity index (χ4n) is 3.20. The molecule has 0 aliphatic carbocycles. The van der Waals surface area contributed by atoms with Gasteiger partial charge in [0.15, 0.2) is 0 Å². The van der Waals surface area contributed by atoms with Gasteiger partial charge in [-0.05, 0) is 43.9 Å². The number of rotatable bonds is 24. The smallest absolute Gasteiger partial charge is 0.305 e. The number of methoxy groups -OCH3 is 1. The summed E-state index contributed by atoms with van der Waals surface area (Å²) in [7, 11) is 1.52. The number of thiol groups is 1. The van der Waals surface area contributed by atoms with E-state index in [2.05, 4.69) is 31.3 Å². The zero-order valence-corrected chi connectivity index (χ0v) is 23.9. The van der Waals surface area contributed by atoms with Gasteiger partial charge in [0.05, 0.1) is 25.7 Å². The number of allylic oxidation sites excluding steroid dienone is 2. The maximum atomic E-state index is 12.0. The van der Waals surface area contributed by atoms with Crippen molar-refractivity contribution in [3.63, 3.8) is 0 Å². The molecule has 0 aromatic heterocycles. The molecular formula is C25H46NO5PS2. The second kappa shape index (κ2) is 24.3. The molecule has 0 spiro atoms. The molecule has 0 N–H and O–H groups in total. The highest BCUT2D eigenvalue weighted by molar-refractivity contribution is 8.60. The van der Waals surface area contributed by atoms with Gasteiger partial charge in [0, 0.05) is 13.5 Å². The Hall–Kier alpha value is -0.420. The maximum Gasteiger partial charge on any atom is 0.305 e. The van der Waals surface area contributed by atoms with Gasteiger partial charge in [-0.2, -0.15) is 5.26 Å². The van der Waals surface area contributed by atoms with Crippen molar-refractivity contribution in [2.24, 2.45) is 0 Å².